The van der Waals surface area contributed by atoms with Gasteiger partial charge in [0.1, 0.15) is 6.10 Å². The highest BCUT2D eigenvalue weighted by molar-refractivity contribution is 6.01. The standard InChI is InChI=1S/C35H46N6O5/c1-24-20-41(25(2)23-42)35(45)27-10-9-13-30(34(27)46-31(24)22-40(3)21-26-16-18-37-19-17-26)39-33(44)15-6-4-5-14-32(43)38-29-12-8-7-11-28(29)36/h7-13,16-19,24-25,31,42H,4-6,14-15,20-23,36H2,1-3H3,(H,38,43)(H,39,44). The van der Waals surface area contributed by atoms with Crippen molar-refractivity contribution in [3.05, 3.63) is 78.1 Å². The van der Waals surface area contributed by atoms with Gasteiger partial charge >= 0.3 is 0 Å². The Morgan fingerprint density at radius 3 is 2.35 bits per heavy atom. The second-order valence-electron chi connectivity index (χ2n) is 12.1. The van der Waals surface area contributed by atoms with Crippen molar-refractivity contribution in [1.29, 1.82) is 0 Å². The number of benzene rings is 2. The number of nitrogens with two attached hydrogens (primary N) is 1. The number of likely N-dealkylation sites (N-methyl/N-ethyl adjacent to an activating group) is 1. The number of unbranched alkanes of at least 4 members (excludes halogenated alkanes) is 2. The maximum atomic E-state index is 13.7. The molecule has 3 amide bonds. The van der Waals surface area contributed by atoms with E-state index in [1.54, 1.807) is 47.6 Å². The number of nitrogens with one attached hydrogen (secondary N) is 2. The van der Waals surface area contributed by atoms with Crippen LogP contribution in [0.25, 0.3) is 0 Å². The van der Waals surface area contributed by atoms with Gasteiger partial charge in [-0.15, -0.1) is 0 Å². The maximum Gasteiger partial charge on any atom is 0.258 e. The number of nitrogen functional groups attached to an aromatic ring is 1. The Kier molecular flexibility index (Phi) is 12.5. The number of aliphatic hydroxyl groups excluding tert-OH is 1. The minimum atomic E-state index is -0.388. The Hall–Kier alpha value is -4.48. The van der Waals surface area contributed by atoms with Crippen LogP contribution in [0.3, 0.4) is 0 Å². The molecule has 3 unspecified atom stereocenters. The Morgan fingerprint density at radius 1 is 1.02 bits per heavy atom. The van der Waals surface area contributed by atoms with Crippen LogP contribution in [0, 0.1) is 5.92 Å². The molecular weight excluding hydrogens is 584 g/mol. The van der Waals surface area contributed by atoms with E-state index in [1.165, 1.54) is 0 Å². The first-order chi connectivity index (χ1) is 22.2. The Bertz CT molecular complexity index is 1470. The molecule has 0 aliphatic carbocycles. The zero-order valence-electron chi connectivity index (χ0n) is 26.9. The number of amides is 3. The van der Waals surface area contributed by atoms with Crippen molar-refractivity contribution >= 4 is 34.8 Å². The lowest BCUT2D eigenvalue weighted by atomic mass is 9.98. The summed E-state index contributed by atoms with van der Waals surface area (Å²) in [4.78, 5) is 47.0. The lowest BCUT2D eigenvalue weighted by Gasteiger charge is -2.38. The van der Waals surface area contributed by atoms with E-state index in [-0.39, 0.29) is 48.8 Å². The average molecular weight is 631 g/mol. The number of nitrogens with zero attached hydrogens (tertiary/aromatic N) is 3. The van der Waals surface area contributed by atoms with Crippen LogP contribution in [0.4, 0.5) is 17.1 Å². The number of fused-ring (bicyclic) bond motifs is 1. The van der Waals surface area contributed by atoms with Gasteiger partial charge in [0.05, 0.1) is 35.3 Å². The highest BCUT2D eigenvalue weighted by atomic mass is 16.5. The molecule has 4 rings (SSSR count). The number of pyridine rings is 1. The summed E-state index contributed by atoms with van der Waals surface area (Å²) in [5.41, 5.74) is 8.90. The molecule has 11 heteroatoms. The molecule has 0 radical (unpaired) electrons. The molecule has 0 saturated carbocycles. The Labute approximate surface area is 271 Å². The van der Waals surface area contributed by atoms with Crippen molar-refractivity contribution in [3.8, 4) is 5.75 Å². The van der Waals surface area contributed by atoms with Crippen molar-refractivity contribution < 1.29 is 24.2 Å². The molecule has 0 saturated heterocycles. The van der Waals surface area contributed by atoms with Gasteiger partial charge in [-0.25, -0.2) is 0 Å². The molecular formula is C35H46N6O5. The fraction of sp³-hybridized carbons (Fsp3) is 0.429. The van der Waals surface area contributed by atoms with Crippen LogP contribution in [0.2, 0.25) is 0 Å². The van der Waals surface area contributed by atoms with Gasteiger partial charge in [0.2, 0.25) is 11.8 Å². The van der Waals surface area contributed by atoms with Gasteiger partial charge < -0.3 is 31.1 Å². The molecule has 1 aromatic heterocycles. The summed E-state index contributed by atoms with van der Waals surface area (Å²) in [6, 6.07) is 15.8. The van der Waals surface area contributed by atoms with Crippen molar-refractivity contribution in [2.45, 2.75) is 64.6 Å². The summed E-state index contributed by atoms with van der Waals surface area (Å²) >= 11 is 0. The van der Waals surface area contributed by atoms with E-state index in [0.29, 0.717) is 73.7 Å². The number of anilines is 3. The summed E-state index contributed by atoms with van der Waals surface area (Å²) in [5.74, 6) is -0.301. The quantitative estimate of drug-likeness (QED) is 0.150. The molecule has 46 heavy (non-hydrogen) atoms. The second kappa shape index (κ2) is 16.7. The van der Waals surface area contributed by atoms with Crippen LogP contribution in [-0.2, 0) is 16.1 Å². The van der Waals surface area contributed by atoms with E-state index < -0.39 is 0 Å². The van der Waals surface area contributed by atoms with Crippen LogP contribution in [-0.4, -0.2) is 76.5 Å². The largest absolute Gasteiger partial charge is 0.486 e. The summed E-state index contributed by atoms with van der Waals surface area (Å²) < 4.78 is 6.62. The zero-order valence-corrected chi connectivity index (χ0v) is 26.9. The molecule has 2 aromatic carbocycles. The van der Waals surface area contributed by atoms with Gasteiger partial charge in [0.15, 0.2) is 5.75 Å². The number of carbonyl (C=O) groups is 3. The molecule has 1 aliphatic rings. The molecule has 11 nitrogen and oxygen atoms in total. The van der Waals surface area contributed by atoms with E-state index in [0.717, 1.165) is 5.56 Å². The number of aromatic nitrogens is 1. The third kappa shape index (κ3) is 9.51. The number of ether oxygens (including phenoxy) is 1. The predicted molar refractivity (Wildman–Crippen MR) is 179 cm³/mol. The fourth-order valence-electron chi connectivity index (χ4n) is 5.52. The van der Waals surface area contributed by atoms with Crippen LogP contribution >= 0.6 is 0 Å². The average Bonchev–Trinajstić information content (AvgIpc) is 3.04. The van der Waals surface area contributed by atoms with E-state index in [4.69, 9.17) is 10.5 Å². The van der Waals surface area contributed by atoms with E-state index in [9.17, 15) is 19.5 Å². The number of aliphatic hydroxyl groups is 1. The van der Waals surface area contributed by atoms with Crippen molar-refractivity contribution in [2.24, 2.45) is 5.92 Å². The van der Waals surface area contributed by atoms with Gasteiger partial charge in [0, 0.05) is 50.8 Å². The summed E-state index contributed by atoms with van der Waals surface area (Å²) in [7, 11) is 2.02. The lowest BCUT2D eigenvalue weighted by molar-refractivity contribution is -0.116. The lowest BCUT2D eigenvalue weighted by Crippen LogP contribution is -2.49. The smallest absolute Gasteiger partial charge is 0.258 e. The molecule has 3 atom stereocenters. The first-order valence-corrected chi connectivity index (χ1v) is 15.9. The van der Waals surface area contributed by atoms with E-state index in [1.807, 2.05) is 45.2 Å². The molecule has 0 bridgehead atoms. The number of hydrogen-bond acceptors (Lipinski definition) is 8. The summed E-state index contributed by atoms with van der Waals surface area (Å²) in [6.07, 6.45) is 5.75. The third-order valence-corrected chi connectivity index (χ3v) is 8.20. The van der Waals surface area contributed by atoms with Crippen molar-refractivity contribution in [1.82, 2.24) is 14.8 Å². The molecule has 246 valence electrons. The number of para-hydroxylation sites is 3. The first-order valence-electron chi connectivity index (χ1n) is 15.9. The zero-order chi connectivity index (χ0) is 33.1. The summed E-state index contributed by atoms with van der Waals surface area (Å²) in [5, 5.41) is 15.7. The fourth-order valence-corrected chi connectivity index (χ4v) is 5.52. The van der Waals surface area contributed by atoms with Gasteiger partial charge in [-0.05, 0) is 68.8 Å². The number of rotatable bonds is 14. The second-order valence-corrected chi connectivity index (χ2v) is 12.1. The molecule has 5 N–H and O–H groups in total. The molecule has 0 fully saturated rings. The Morgan fingerprint density at radius 2 is 1.67 bits per heavy atom. The monoisotopic (exact) mass is 630 g/mol. The van der Waals surface area contributed by atoms with Gasteiger partial charge in [0.25, 0.3) is 5.91 Å². The highest BCUT2D eigenvalue weighted by Crippen LogP contribution is 2.35. The third-order valence-electron chi connectivity index (χ3n) is 8.20. The van der Waals surface area contributed by atoms with Crippen molar-refractivity contribution in [2.75, 3.05) is 43.1 Å². The van der Waals surface area contributed by atoms with E-state index >= 15 is 0 Å². The maximum absolute atomic E-state index is 13.7. The van der Waals surface area contributed by atoms with Gasteiger partial charge in [-0.2, -0.15) is 0 Å². The van der Waals surface area contributed by atoms with E-state index in [2.05, 4.69) is 20.5 Å². The molecule has 2 heterocycles. The van der Waals surface area contributed by atoms with Gasteiger partial charge in [-0.3, -0.25) is 24.3 Å². The molecule has 1 aliphatic heterocycles. The molecule has 3 aromatic rings. The number of hydrogen-bond donors (Lipinski definition) is 4. The minimum absolute atomic E-state index is 0.0646. The predicted octanol–water partition coefficient (Wildman–Crippen LogP) is 4.54. The minimum Gasteiger partial charge on any atom is -0.486 e. The molecule has 0 spiro atoms. The topological polar surface area (TPSA) is 150 Å². The van der Waals surface area contributed by atoms with Gasteiger partial charge in [-0.1, -0.05) is 31.5 Å². The normalized spacial score (nSPS) is 17.0. The highest BCUT2D eigenvalue weighted by Gasteiger charge is 2.34. The van der Waals surface area contributed by atoms with Crippen LogP contribution < -0.4 is 21.1 Å². The SMILES string of the molecule is CC1CN(C(C)CO)C(=O)c2cccc(NC(=O)CCCCCC(=O)Nc3ccccc3N)c2OC1CN(C)Cc1ccncc1. The van der Waals surface area contributed by atoms with Crippen LogP contribution in [0.1, 0.15) is 61.9 Å². The van der Waals surface area contributed by atoms with Crippen LogP contribution in [0.5, 0.6) is 5.75 Å². The van der Waals surface area contributed by atoms with Crippen LogP contribution in [0.15, 0.2) is 67.0 Å². The number of carbonyl (C=O) groups excluding carboxylic acids is 3. The first kappa shape index (κ1) is 34.4. The van der Waals surface area contributed by atoms with Crippen molar-refractivity contribution in [3.63, 3.8) is 0 Å². The Balaban J connectivity index is 1.41. The summed E-state index contributed by atoms with van der Waals surface area (Å²) in [6.45, 7) is 5.38.